The predicted molar refractivity (Wildman–Crippen MR) is 118 cm³/mol. The largest absolute Gasteiger partial charge is 0.493 e. The van der Waals surface area contributed by atoms with Gasteiger partial charge in [-0.3, -0.25) is 4.79 Å². The first-order valence-electron chi connectivity index (χ1n) is 10.7. The average Bonchev–Trinajstić information content (AvgIpc) is 2.72. The summed E-state index contributed by atoms with van der Waals surface area (Å²) >= 11 is 0. The van der Waals surface area contributed by atoms with Gasteiger partial charge in [0.25, 0.3) is 6.47 Å². The number of hydrogen-bond acceptors (Lipinski definition) is 5. The average molecular weight is 413 g/mol. The lowest BCUT2D eigenvalue weighted by molar-refractivity contribution is -0.128. The zero-order valence-electron chi connectivity index (χ0n) is 18.4. The zero-order chi connectivity index (χ0) is 21.7. The van der Waals surface area contributed by atoms with Crippen LogP contribution in [0, 0.1) is 17.3 Å². The van der Waals surface area contributed by atoms with Crippen LogP contribution in [0.25, 0.3) is 11.0 Å². The molecule has 162 valence electrons. The Morgan fingerprint density at radius 1 is 1.27 bits per heavy atom. The molecular weight excluding hydrogens is 380 g/mol. The molecule has 3 rings (SSSR count). The number of carbonyl (C=O) groups excluding carboxylic acids is 1. The number of carbonyl (C=O) groups is 1. The van der Waals surface area contributed by atoms with E-state index in [1.54, 1.807) is 12.1 Å². The van der Waals surface area contributed by atoms with Crippen molar-refractivity contribution < 1.29 is 18.7 Å². The number of rotatable bonds is 8. The van der Waals surface area contributed by atoms with Crippen molar-refractivity contribution in [3.8, 4) is 5.75 Å². The number of benzene rings is 1. The van der Waals surface area contributed by atoms with E-state index in [2.05, 4.69) is 27.7 Å². The number of ether oxygens (including phenoxy) is 2. The molecule has 0 bridgehead atoms. The summed E-state index contributed by atoms with van der Waals surface area (Å²) in [5, 5.41) is 0.874. The molecule has 0 saturated heterocycles. The fraction of sp³-hybridized carbons (Fsp3) is 0.520. The Bertz CT molecular complexity index is 969. The normalized spacial score (nSPS) is 23.9. The van der Waals surface area contributed by atoms with E-state index in [-0.39, 0.29) is 11.0 Å². The van der Waals surface area contributed by atoms with Crippen LogP contribution in [0.1, 0.15) is 53.4 Å². The van der Waals surface area contributed by atoms with E-state index < -0.39 is 0 Å². The highest BCUT2D eigenvalue weighted by Crippen LogP contribution is 2.51. The molecule has 3 atom stereocenters. The van der Waals surface area contributed by atoms with Crippen LogP contribution in [-0.2, 0) is 9.53 Å². The standard InChI is InChI=1S/C25H32O5/c1-17(2)21-11-7-18(3)25(4,22(21)6-5-13-28-16-26)15-29-20-10-8-19-9-12-24(27)30-23(19)14-20/h8-10,12,14,16,18,22H,5-7,11,13,15H2,1-4H3/t18-,22-,25-/m0/s1. The molecule has 1 fully saturated rings. The Balaban J connectivity index is 1.82. The van der Waals surface area contributed by atoms with Crippen molar-refractivity contribution >= 4 is 17.4 Å². The van der Waals surface area contributed by atoms with E-state index in [0.717, 1.165) is 31.1 Å². The summed E-state index contributed by atoms with van der Waals surface area (Å²) in [5.74, 6) is 1.58. The lowest BCUT2D eigenvalue weighted by atomic mass is 9.58. The molecule has 1 heterocycles. The monoisotopic (exact) mass is 412 g/mol. The van der Waals surface area contributed by atoms with Gasteiger partial charge in [-0.05, 0) is 69.6 Å². The third-order valence-corrected chi connectivity index (χ3v) is 6.80. The first-order chi connectivity index (χ1) is 14.3. The lowest BCUT2D eigenvalue weighted by Gasteiger charge is -2.48. The smallest absolute Gasteiger partial charge is 0.336 e. The van der Waals surface area contributed by atoms with Crippen molar-refractivity contribution in [1.29, 1.82) is 0 Å². The quantitative estimate of drug-likeness (QED) is 0.247. The minimum absolute atomic E-state index is 0.0431. The Kier molecular flexibility index (Phi) is 7.01. The molecule has 1 aliphatic carbocycles. The fourth-order valence-corrected chi connectivity index (χ4v) is 4.75. The highest BCUT2D eigenvalue weighted by Gasteiger charge is 2.44. The molecule has 0 unspecified atom stereocenters. The lowest BCUT2D eigenvalue weighted by Crippen LogP contribution is -2.44. The molecule has 1 aromatic carbocycles. The van der Waals surface area contributed by atoms with Gasteiger partial charge >= 0.3 is 5.63 Å². The van der Waals surface area contributed by atoms with Crippen molar-refractivity contribution in [2.24, 2.45) is 17.3 Å². The Morgan fingerprint density at radius 2 is 2.03 bits per heavy atom. The summed E-state index contributed by atoms with van der Waals surface area (Å²) < 4.78 is 16.5. The molecular formula is C25H32O5. The Morgan fingerprint density at radius 3 is 2.77 bits per heavy atom. The first-order valence-corrected chi connectivity index (χ1v) is 10.7. The summed E-state index contributed by atoms with van der Waals surface area (Å²) in [5.41, 5.74) is 3.02. The van der Waals surface area contributed by atoms with Gasteiger partial charge in [-0.2, -0.15) is 0 Å². The van der Waals surface area contributed by atoms with Gasteiger partial charge in [-0.15, -0.1) is 0 Å². The van der Waals surface area contributed by atoms with Crippen LogP contribution < -0.4 is 10.4 Å². The van der Waals surface area contributed by atoms with Gasteiger partial charge in [0.15, 0.2) is 0 Å². The summed E-state index contributed by atoms with van der Waals surface area (Å²) in [4.78, 5) is 22.0. The van der Waals surface area contributed by atoms with Crippen molar-refractivity contribution in [3.05, 3.63) is 51.9 Å². The molecule has 0 spiro atoms. The van der Waals surface area contributed by atoms with E-state index in [0.29, 0.717) is 42.9 Å². The van der Waals surface area contributed by atoms with Crippen LogP contribution in [0.5, 0.6) is 5.75 Å². The second kappa shape index (κ2) is 9.50. The van der Waals surface area contributed by atoms with Crippen molar-refractivity contribution in [2.75, 3.05) is 13.2 Å². The fourth-order valence-electron chi connectivity index (χ4n) is 4.75. The highest BCUT2D eigenvalue weighted by atomic mass is 16.5. The minimum Gasteiger partial charge on any atom is -0.493 e. The third-order valence-electron chi connectivity index (χ3n) is 6.80. The molecule has 1 saturated carbocycles. The van der Waals surface area contributed by atoms with Gasteiger partial charge in [0.1, 0.15) is 11.3 Å². The second-order valence-corrected chi connectivity index (χ2v) is 8.88. The number of allylic oxidation sites excluding steroid dienone is 2. The summed E-state index contributed by atoms with van der Waals surface area (Å²) in [7, 11) is 0. The van der Waals surface area contributed by atoms with Gasteiger partial charge < -0.3 is 13.9 Å². The van der Waals surface area contributed by atoms with E-state index in [4.69, 9.17) is 13.9 Å². The summed E-state index contributed by atoms with van der Waals surface area (Å²) in [6, 6.07) is 8.81. The molecule has 2 aromatic rings. The van der Waals surface area contributed by atoms with E-state index in [9.17, 15) is 9.59 Å². The molecule has 0 aliphatic heterocycles. The minimum atomic E-state index is -0.363. The first kappa shape index (κ1) is 22.1. The van der Waals surface area contributed by atoms with E-state index >= 15 is 0 Å². The maximum absolute atomic E-state index is 11.5. The van der Waals surface area contributed by atoms with Crippen LogP contribution in [0.2, 0.25) is 0 Å². The van der Waals surface area contributed by atoms with Crippen molar-refractivity contribution in [2.45, 2.75) is 53.4 Å². The molecule has 1 aliphatic rings. The molecule has 0 amide bonds. The zero-order valence-corrected chi connectivity index (χ0v) is 18.4. The molecule has 1 aromatic heterocycles. The molecule has 0 radical (unpaired) electrons. The van der Waals surface area contributed by atoms with E-state index in [1.807, 2.05) is 12.1 Å². The Labute approximate surface area is 178 Å². The topological polar surface area (TPSA) is 65.7 Å². The van der Waals surface area contributed by atoms with Gasteiger partial charge in [0.05, 0.1) is 13.2 Å². The Hall–Kier alpha value is -2.56. The second-order valence-electron chi connectivity index (χ2n) is 8.88. The van der Waals surface area contributed by atoms with Crippen LogP contribution in [0.4, 0.5) is 0 Å². The highest BCUT2D eigenvalue weighted by molar-refractivity contribution is 5.77. The van der Waals surface area contributed by atoms with Gasteiger partial charge in [0.2, 0.25) is 0 Å². The molecule has 5 heteroatoms. The maximum atomic E-state index is 11.5. The van der Waals surface area contributed by atoms with E-state index in [1.165, 1.54) is 17.2 Å². The maximum Gasteiger partial charge on any atom is 0.336 e. The van der Waals surface area contributed by atoms with Crippen LogP contribution in [0.3, 0.4) is 0 Å². The number of fused-ring (bicyclic) bond motifs is 1. The van der Waals surface area contributed by atoms with Gasteiger partial charge in [-0.25, -0.2) is 4.79 Å². The van der Waals surface area contributed by atoms with Crippen molar-refractivity contribution in [1.82, 2.24) is 0 Å². The van der Waals surface area contributed by atoms with Gasteiger partial charge in [-0.1, -0.05) is 25.0 Å². The molecule has 5 nitrogen and oxygen atoms in total. The summed E-state index contributed by atoms with van der Waals surface area (Å²) in [6.07, 6.45) is 4.04. The molecule has 30 heavy (non-hydrogen) atoms. The summed E-state index contributed by atoms with van der Waals surface area (Å²) in [6.45, 7) is 10.5. The van der Waals surface area contributed by atoms with Gasteiger partial charge in [0, 0.05) is 22.9 Å². The molecule has 0 N–H and O–H groups in total. The van der Waals surface area contributed by atoms with Crippen LogP contribution in [-0.4, -0.2) is 19.7 Å². The van der Waals surface area contributed by atoms with Crippen LogP contribution in [0.15, 0.2) is 50.7 Å². The third kappa shape index (κ3) is 4.77. The predicted octanol–water partition coefficient (Wildman–Crippen LogP) is 5.51. The number of hydrogen-bond donors (Lipinski definition) is 0. The SMILES string of the molecule is CC(C)=C1CC[C@H](C)[C@](C)(COc2ccc3ccc(=O)oc3c2)[C@H]1CCCOC=O. The van der Waals surface area contributed by atoms with Crippen LogP contribution >= 0.6 is 0 Å². The van der Waals surface area contributed by atoms with Crippen molar-refractivity contribution in [3.63, 3.8) is 0 Å².